The van der Waals surface area contributed by atoms with Crippen molar-refractivity contribution in [3.05, 3.63) is 30.0 Å². The van der Waals surface area contributed by atoms with Crippen LogP contribution >= 0.6 is 0 Å². The summed E-state index contributed by atoms with van der Waals surface area (Å²) in [6.45, 7) is 12.8. The van der Waals surface area contributed by atoms with Crippen LogP contribution in [0.2, 0.25) is 0 Å². The van der Waals surface area contributed by atoms with Crippen molar-refractivity contribution in [2.24, 2.45) is 5.41 Å². The van der Waals surface area contributed by atoms with Gasteiger partial charge in [-0.05, 0) is 63.5 Å². The lowest BCUT2D eigenvalue weighted by molar-refractivity contribution is 0.218. The molecule has 0 aromatic carbocycles. The van der Waals surface area contributed by atoms with Crippen LogP contribution < -0.4 is 11.1 Å². The number of hydrogen-bond donors (Lipinski definition) is 2. The predicted octanol–water partition coefficient (Wildman–Crippen LogP) is 4.26. The lowest BCUT2D eigenvalue weighted by Gasteiger charge is -2.39. The number of rotatable bonds is 4. The molecule has 1 aliphatic carbocycles. The summed E-state index contributed by atoms with van der Waals surface area (Å²) in [6, 6.07) is 0. The second kappa shape index (κ2) is 8.06. The molecule has 10 nitrogen and oxygen atoms in total. The van der Waals surface area contributed by atoms with Gasteiger partial charge in [-0.3, -0.25) is 0 Å². The summed E-state index contributed by atoms with van der Waals surface area (Å²) in [5.74, 6) is 2.49. The number of nitrogens with two attached hydrogens (primary N) is 1. The molecule has 2 fully saturated rings. The molecule has 0 unspecified atom stereocenters. The van der Waals surface area contributed by atoms with E-state index in [1.165, 1.54) is 6.33 Å². The second-order valence-corrected chi connectivity index (χ2v) is 11.8. The third-order valence-corrected chi connectivity index (χ3v) is 7.45. The summed E-state index contributed by atoms with van der Waals surface area (Å²) in [5, 5.41) is 13.6. The molecule has 1 aliphatic heterocycles. The molecule has 0 spiro atoms. The van der Waals surface area contributed by atoms with E-state index in [9.17, 15) is 0 Å². The zero-order valence-corrected chi connectivity index (χ0v) is 21.5. The van der Waals surface area contributed by atoms with Crippen LogP contribution in [0.15, 0.2) is 23.2 Å². The van der Waals surface area contributed by atoms with Crippen molar-refractivity contribution < 1.29 is 4.52 Å². The number of fused-ring (bicyclic) bond motifs is 1. The van der Waals surface area contributed by atoms with Crippen LogP contribution in [0.25, 0.3) is 33.8 Å². The van der Waals surface area contributed by atoms with Crippen molar-refractivity contribution in [2.45, 2.75) is 71.3 Å². The Hall–Kier alpha value is -3.40. The Labute approximate surface area is 210 Å². The molecule has 1 saturated heterocycles. The number of nitrogens with one attached hydrogen (secondary N) is 1. The fraction of sp³-hybridized carbons (Fsp3) is 0.538. The molecule has 0 bridgehead atoms. The Kier molecular flexibility index (Phi) is 5.15. The Bertz CT molecular complexity index is 1420. The third-order valence-electron chi connectivity index (χ3n) is 7.45. The lowest BCUT2D eigenvalue weighted by atomic mass is 9.72. The third kappa shape index (κ3) is 3.75. The van der Waals surface area contributed by atoms with E-state index >= 15 is 0 Å². The van der Waals surface area contributed by atoms with Crippen LogP contribution in [0.4, 0.5) is 5.82 Å². The number of piperidine rings is 1. The van der Waals surface area contributed by atoms with Crippen molar-refractivity contribution in [1.82, 2.24) is 40.2 Å². The van der Waals surface area contributed by atoms with Crippen LogP contribution in [0.3, 0.4) is 0 Å². The van der Waals surface area contributed by atoms with Gasteiger partial charge in [0.1, 0.15) is 23.5 Å². The number of anilines is 1. The molecular formula is C26H33N9O. The van der Waals surface area contributed by atoms with Gasteiger partial charge in [0, 0.05) is 24.9 Å². The van der Waals surface area contributed by atoms with Crippen molar-refractivity contribution in [3.8, 4) is 22.8 Å². The maximum atomic E-state index is 6.35. The zero-order valence-electron chi connectivity index (χ0n) is 21.5. The van der Waals surface area contributed by atoms with E-state index in [-0.39, 0.29) is 11.0 Å². The van der Waals surface area contributed by atoms with Gasteiger partial charge in [0.25, 0.3) is 0 Å². The van der Waals surface area contributed by atoms with E-state index in [2.05, 4.69) is 55.1 Å². The van der Waals surface area contributed by atoms with Gasteiger partial charge in [-0.25, -0.2) is 24.6 Å². The van der Waals surface area contributed by atoms with Gasteiger partial charge in [0.05, 0.1) is 16.5 Å². The van der Waals surface area contributed by atoms with E-state index in [1.54, 1.807) is 0 Å². The Morgan fingerprint density at radius 3 is 2.47 bits per heavy atom. The first-order valence-electron chi connectivity index (χ1n) is 12.7. The number of aromatic nitrogens is 7. The van der Waals surface area contributed by atoms with E-state index in [1.807, 2.05) is 17.1 Å². The maximum absolute atomic E-state index is 6.35. The first kappa shape index (κ1) is 23.0. The molecule has 4 aromatic rings. The average Bonchev–Trinajstić information content (AvgIpc) is 3.44. The molecule has 0 radical (unpaired) electrons. The molecule has 4 aromatic heterocycles. The maximum Gasteiger partial charge on any atom is 0.165 e. The fourth-order valence-electron chi connectivity index (χ4n) is 5.35. The summed E-state index contributed by atoms with van der Waals surface area (Å²) in [6.07, 6.45) is 8.59. The van der Waals surface area contributed by atoms with Gasteiger partial charge in [-0.15, -0.1) is 0 Å². The normalized spacial score (nSPS) is 20.2. The number of nitrogens with zero attached hydrogens (tertiary/aromatic N) is 7. The molecule has 10 heteroatoms. The first-order chi connectivity index (χ1) is 17.1. The topological polar surface area (TPSA) is 133 Å². The highest BCUT2D eigenvalue weighted by Crippen LogP contribution is 2.48. The first-order valence-corrected chi connectivity index (χ1v) is 12.7. The highest BCUT2D eigenvalue weighted by molar-refractivity contribution is 6.00. The Morgan fingerprint density at radius 2 is 1.81 bits per heavy atom. The van der Waals surface area contributed by atoms with Gasteiger partial charge in [0.2, 0.25) is 0 Å². The molecule has 2 aliphatic rings. The van der Waals surface area contributed by atoms with Crippen LogP contribution in [-0.4, -0.2) is 48.0 Å². The molecule has 1 saturated carbocycles. The monoisotopic (exact) mass is 487 g/mol. The predicted molar refractivity (Wildman–Crippen MR) is 137 cm³/mol. The molecule has 0 amide bonds. The molecule has 3 N–H and O–H groups in total. The molecule has 36 heavy (non-hydrogen) atoms. The van der Waals surface area contributed by atoms with E-state index in [4.69, 9.17) is 25.3 Å². The fourth-order valence-corrected chi connectivity index (χ4v) is 5.35. The Balaban J connectivity index is 1.50. The summed E-state index contributed by atoms with van der Waals surface area (Å²) in [7, 11) is 0. The smallest absolute Gasteiger partial charge is 0.165 e. The SMILES string of the molecule is CC1(C)CNCC[C@@H]1c1cnc(-c2c(-c3nn(C(C)(C)C)c4ncnc(N)c34)noc2C2CC2)nc1. The molecular weight excluding hydrogens is 454 g/mol. The molecule has 1 atom stereocenters. The van der Waals surface area contributed by atoms with Gasteiger partial charge in [-0.1, -0.05) is 19.0 Å². The van der Waals surface area contributed by atoms with Gasteiger partial charge in [-0.2, -0.15) is 5.10 Å². The van der Waals surface area contributed by atoms with Crippen LogP contribution in [0.5, 0.6) is 0 Å². The average molecular weight is 488 g/mol. The number of nitrogen functional groups attached to an aromatic ring is 1. The summed E-state index contributed by atoms with van der Waals surface area (Å²) >= 11 is 0. The zero-order chi connectivity index (χ0) is 25.2. The van der Waals surface area contributed by atoms with Crippen LogP contribution in [0.1, 0.15) is 77.0 Å². The largest absolute Gasteiger partial charge is 0.383 e. The minimum Gasteiger partial charge on any atom is -0.383 e. The van der Waals surface area contributed by atoms with E-state index < -0.39 is 0 Å². The lowest BCUT2D eigenvalue weighted by Crippen LogP contribution is -2.41. The quantitative estimate of drug-likeness (QED) is 0.433. The molecule has 5 heterocycles. The van der Waals surface area contributed by atoms with Gasteiger partial charge < -0.3 is 15.6 Å². The standard InChI is InChI=1S/C26H33N9O/c1-25(2,3)35-24-18(22(27)31-13-32-24)19(33-35)20-17(21(36-34-20)14-6-7-14)23-29-10-15(11-30-23)16-8-9-28-12-26(16,4)5/h10-11,13-14,16,28H,6-9,12H2,1-5H3,(H2,27,31,32)/t16-/m1/s1. The van der Waals surface area contributed by atoms with Crippen LogP contribution in [-0.2, 0) is 5.54 Å². The summed E-state index contributed by atoms with van der Waals surface area (Å²) < 4.78 is 7.79. The Morgan fingerprint density at radius 1 is 1.06 bits per heavy atom. The summed E-state index contributed by atoms with van der Waals surface area (Å²) in [4.78, 5) is 18.4. The van der Waals surface area contributed by atoms with E-state index in [0.29, 0.717) is 45.9 Å². The molecule has 6 rings (SSSR count). The second-order valence-electron chi connectivity index (χ2n) is 11.8. The highest BCUT2D eigenvalue weighted by atomic mass is 16.5. The minimum atomic E-state index is -0.319. The summed E-state index contributed by atoms with van der Waals surface area (Å²) in [5.41, 5.74) is 9.96. The molecule has 188 valence electrons. The highest BCUT2D eigenvalue weighted by Gasteiger charge is 2.37. The number of hydrogen-bond acceptors (Lipinski definition) is 9. The van der Waals surface area contributed by atoms with Gasteiger partial charge >= 0.3 is 0 Å². The van der Waals surface area contributed by atoms with Crippen molar-refractivity contribution in [3.63, 3.8) is 0 Å². The van der Waals surface area contributed by atoms with Crippen molar-refractivity contribution >= 4 is 16.9 Å². The van der Waals surface area contributed by atoms with Gasteiger partial charge in [0.15, 0.2) is 17.2 Å². The van der Waals surface area contributed by atoms with Crippen LogP contribution in [0, 0.1) is 5.41 Å². The van der Waals surface area contributed by atoms with Crippen molar-refractivity contribution in [2.75, 3.05) is 18.8 Å². The van der Waals surface area contributed by atoms with Crippen molar-refractivity contribution in [1.29, 1.82) is 0 Å². The minimum absolute atomic E-state index is 0.140. The van der Waals surface area contributed by atoms with E-state index in [0.717, 1.165) is 49.2 Å².